The Morgan fingerprint density at radius 1 is 0.217 bits per heavy atom. The summed E-state index contributed by atoms with van der Waals surface area (Å²) >= 11 is 1.85. The van der Waals surface area contributed by atoms with E-state index in [1.54, 1.807) is 0 Å². The standard InChI is InChI=1S/C46H28N4O.C43H29N3O.C40H23N3OS/c1-3-15-29(16-4-1)43-45-44(34-22-10-14-26-40(34)51-45)48-46(47-43)33-21-9-13-25-37(33)50-36-24-12-8-20-32(36)42-39(50)28-27-38-41(42)31-19-7-11-23-35(31)49(38)30-17-5-2-6-18-30;1-43(2)31-20-10-6-16-27(31)37-32(43)24-25-35-38(37)28-17-7-11-21-33(28)46(35)34-22-12-8-18-29(34)42-44-39(26-14-4-3-5-15-26)41-40(45-42)30-19-9-13-23-36(30)47-41;1-2-12-24(13-3-1)37-39-38(27-16-6-10-20-32(27)44-39)42-40(41-37)26-15-5-9-19-30(26)43-29-18-8-4-14-25(29)35-31(43)22-23-34-36(35)28-17-7-11-21-33(28)45-34/h1-28H;3-25H,1-2H3;1-23H. The van der Waals surface area contributed by atoms with Gasteiger partial charge in [-0.05, 0) is 168 Å². The summed E-state index contributed by atoms with van der Waals surface area (Å²) in [4.78, 5) is 31.5. The Hall–Kier alpha value is -18.8. The fraction of sp³-hybridized carbons (Fsp3) is 0.0233. The van der Waals surface area contributed by atoms with Crippen molar-refractivity contribution in [3.05, 3.63) is 460 Å². The Morgan fingerprint density at radius 3 is 0.958 bits per heavy atom. The molecule has 0 radical (unpaired) electrons. The maximum Gasteiger partial charge on any atom is 0.180 e. The van der Waals surface area contributed by atoms with Gasteiger partial charge in [-0.25, -0.2) is 29.9 Å². The van der Waals surface area contributed by atoms with Crippen LogP contribution < -0.4 is 0 Å². The Bertz CT molecular complexity index is 10500. The van der Waals surface area contributed by atoms with Gasteiger partial charge in [0.05, 0.1) is 61.2 Å². The van der Waals surface area contributed by atoms with Gasteiger partial charge in [0.15, 0.2) is 34.2 Å². The molecule has 11 aromatic heterocycles. The van der Waals surface area contributed by atoms with Gasteiger partial charge in [-0.2, -0.15) is 0 Å². The van der Waals surface area contributed by atoms with E-state index >= 15 is 0 Å². The van der Waals surface area contributed by atoms with Crippen LogP contribution in [0.2, 0.25) is 0 Å². The summed E-state index contributed by atoms with van der Waals surface area (Å²) in [5, 5.41) is 15.5. The molecule has 143 heavy (non-hydrogen) atoms. The van der Waals surface area contributed by atoms with Crippen LogP contribution in [0.25, 0.3) is 275 Å². The van der Waals surface area contributed by atoms with E-state index in [9.17, 15) is 0 Å². The third-order valence-corrected chi connectivity index (χ3v) is 30.1. The van der Waals surface area contributed by atoms with Gasteiger partial charge >= 0.3 is 0 Å². The fourth-order valence-corrected chi connectivity index (χ4v) is 23.9. The van der Waals surface area contributed by atoms with E-state index in [0.29, 0.717) is 34.2 Å². The molecule has 0 aliphatic heterocycles. The van der Waals surface area contributed by atoms with Gasteiger partial charge in [-0.1, -0.05) is 317 Å². The number of para-hydroxylation sites is 11. The maximum atomic E-state index is 6.42. The molecule has 0 bridgehead atoms. The number of rotatable bonds is 10. The monoisotopic (exact) mass is 1850 g/mol. The van der Waals surface area contributed by atoms with Gasteiger partial charge in [0.1, 0.15) is 50.4 Å². The molecule has 14 heteroatoms. The highest BCUT2D eigenvalue weighted by molar-refractivity contribution is 7.26. The summed E-state index contributed by atoms with van der Waals surface area (Å²) in [6.45, 7) is 4.69. The van der Waals surface area contributed by atoms with Crippen LogP contribution in [0.4, 0.5) is 0 Å². The predicted molar refractivity (Wildman–Crippen MR) is 588 cm³/mol. The van der Waals surface area contributed by atoms with E-state index in [2.05, 4.69) is 372 Å². The summed E-state index contributed by atoms with van der Waals surface area (Å²) < 4.78 is 31.4. The molecule has 0 spiro atoms. The molecule has 11 heterocycles. The molecule has 31 rings (SSSR count). The first kappa shape index (κ1) is 81.4. The van der Waals surface area contributed by atoms with Crippen molar-refractivity contribution in [2.75, 3.05) is 0 Å². The number of hydrogen-bond donors (Lipinski definition) is 0. The van der Waals surface area contributed by atoms with E-state index in [-0.39, 0.29) is 5.41 Å². The van der Waals surface area contributed by atoms with E-state index in [1.807, 2.05) is 121 Å². The lowest BCUT2D eigenvalue weighted by molar-refractivity contribution is 0.661. The highest BCUT2D eigenvalue weighted by Gasteiger charge is 2.38. The molecule has 30 aromatic rings. The van der Waals surface area contributed by atoms with Crippen LogP contribution in [0.3, 0.4) is 0 Å². The number of nitrogens with zero attached hydrogens (tertiary/aromatic N) is 10. The first-order valence-electron chi connectivity index (χ1n) is 48.3. The Kier molecular flexibility index (Phi) is 18.3. The molecule has 13 nitrogen and oxygen atoms in total. The number of aromatic nitrogens is 10. The summed E-state index contributed by atoms with van der Waals surface area (Å²) in [5.74, 6) is 1.98. The van der Waals surface area contributed by atoms with Gasteiger partial charge in [0.25, 0.3) is 0 Å². The highest BCUT2D eigenvalue weighted by Crippen LogP contribution is 2.55. The zero-order valence-corrected chi connectivity index (χ0v) is 78.1. The van der Waals surface area contributed by atoms with Crippen LogP contribution in [0.15, 0.2) is 462 Å². The van der Waals surface area contributed by atoms with Crippen molar-refractivity contribution in [2.24, 2.45) is 0 Å². The lowest BCUT2D eigenvalue weighted by atomic mass is 9.82. The second kappa shape index (κ2) is 32.2. The molecule has 670 valence electrons. The average Bonchev–Trinajstić information content (AvgIpc) is 1.53. The second-order valence-electron chi connectivity index (χ2n) is 37.2. The molecule has 0 amide bonds. The van der Waals surface area contributed by atoms with Gasteiger partial charge in [0.2, 0.25) is 0 Å². The second-order valence-corrected chi connectivity index (χ2v) is 38.3. The van der Waals surface area contributed by atoms with E-state index in [1.165, 1.54) is 102 Å². The average molecular weight is 1850 g/mol. The third kappa shape index (κ3) is 12.5. The molecule has 0 N–H and O–H groups in total. The largest absolute Gasteiger partial charge is 0.452 e. The van der Waals surface area contributed by atoms with Crippen molar-refractivity contribution < 1.29 is 13.3 Å². The molecular formula is C129H80N10O3S. The normalized spacial score (nSPS) is 12.5. The Balaban J connectivity index is 0.000000102. The SMILES string of the molecule is CC1(C)c2ccccc2-c2c1ccc1c2c2ccccc2n1-c1ccccc1-c1nc(-c2ccccc2)c2oc3ccccc3c2n1.c1ccc(-c2nc(-c3ccccc3-n3c4ccccc4c4c5c(ccc43)sc3ccccc35)nc3c2oc2ccccc23)cc1.c1ccc(-c2nc(-c3ccccc3-n3c4ccccc4c4c5c6ccccc6n(-c6ccccc6)c5ccc43)nc3c2oc2ccccc23)cc1. The summed E-state index contributed by atoms with van der Waals surface area (Å²) in [6, 6.07) is 157. The van der Waals surface area contributed by atoms with Gasteiger partial charge in [-0.15, -0.1) is 11.3 Å². The highest BCUT2D eigenvalue weighted by atomic mass is 32.1. The summed E-state index contributed by atoms with van der Waals surface area (Å²) in [6.07, 6.45) is 0. The molecule has 0 atom stereocenters. The number of furan rings is 3. The lowest BCUT2D eigenvalue weighted by Gasteiger charge is -2.21. The third-order valence-electron chi connectivity index (χ3n) is 29.0. The minimum Gasteiger partial charge on any atom is -0.452 e. The minimum absolute atomic E-state index is 0.0777. The fourth-order valence-electron chi connectivity index (χ4n) is 22.8. The quantitative estimate of drug-likeness (QED) is 0.131. The molecule has 1 aliphatic rings. The number of thiophene rings is 1. The molecule has 0 saturated carbocycles. The minimum atomic E-state index is -0.0777. The van der Waals surface area contributed by atoms with E-state index < -0.39 is 0 Å². The molecule has 19 aromatic carbocycles. The molecule has 0 fully saturated rings. The maximum absolute atomic E-state index is 6.42. The molecule has 0 saturated heterocycles. The summed E-state index contributed by atoms with van der Waals surface area (Å²) in [5.41, 5.74) is 33.9. The van der Waals surface area contributed by atoms with Crippen molar-refractivity contribution in [1.82, 2.24) is 48.2 Å². The van der Waals surface area contributed by atoms with Crippen LogP contribution >= 0.6 is 11.3 Å². The topological polar surface area (TPSA) is 136 Å². The van der Waals surface area contributed by atoms with Crippen molar-refractivity contribution in [1.29, 1.82) is 0 Å². The molecular weight excluding hydrogens is 1770 g/mol. The number of fused-ring (bicyclic) bond motifs is 30. The number of hydrogen-bond acceptors (Lipinski definition) is 10. The van der Waals surface area contributed by atoms with Gasteiger partial charge < -0.3 is 31.5 Å². The van der Waals surface area contributed by atoms with Crippen molar-refractivity contribution in [3.8, 4) is 102 Å². The molecule has 0 unspecified atom stereocenters. The smallest absolute Gasteiger partial charge is 0.180 e. The summed E-state index contributed by atoms with van der Waals surface area (Å²) in [7, 11) is 0. The van der Waals surface area contributed by atoms with Crippen molar-refractivity contribution >= 4 is 185 Å². The van der Waals surface area contributed by atoms with Crippen LogP contribution in [-0.4, -0.2) is 48.2 Å². The lowest BCUT2D eigenvalue weighted by Crippen LogP contribution is -2.14. The van der Waals surface area contributed by atoms with E-state index in [0.717, 1.165) is 150 Å². The van der Waals surface area contributed by atoms with Gasteiger partial charge in [-0.3, -0.25) is 0 Å². The van der Waals surface area contributed by atoms with Crippen LogP contribution in [0.1, 0.15) is 25.0 Å². The Morgan fingerprint density at radius 2 is 0.524 bits per heavy atom. The van der Waals surface area contributed by atoms with Crippen molar-refractivity contribution in [3.63, 3.8) is 0 Å². The first-order chi connectivity index (χ1) is 70.8. The zero-order valence-electron chi connectivity index (χ0n) is 77.3. The predicted octanol–water partition coefficient (Wildman–Crippen LogP) is 34.2. The van der Waals surface area contributed by atoms with Crippen LogP contribution in [0, 0.1) is 0 Å². The van der Waals surface area contributed by atoms with Crippen LogP contribution in [0.5, 0.6) is 0 Å². The van der Waals surface area contributed by atoms with Crippen LogP contribution in [-0.2, 0) is 5.41 Å². The van der Waals surface area contributed by atoms with Crippen molar-refractivity contribution in [2.45, 2.75) is 19.3 Å². The number of benzene rings is 19. The molecule has 1 aliphatic carbocycles. The van der Waals surface area contributed by atoms with E-state index in [4.69, 9.17) is 43.2 Å². The zero-order chi connectivity index (χ0) is 94.2. The Labute approximate surface area is 821 Å². The van der Waals surface area contributed by atoms with Gasteiger partial charge in [0, 0.05) is 124 Å². The first-order valence-corrected chi connectivity index (χ1v) is 49.1.